The molecule has 0 saturated carbocycles. The Kier molecular flexibility index (Phi) is 50.3. The van der Waals surface area contributed by atoms with Crippen LogP contribution >= 0.6 is 0 Å². The fourth-order valence-electron chi connectivity index (χ4n) is 10.6. The van der Waals surface area contributed by atoms with Crippen LogP contribution in [0.5, 0.6) is 0 Å². The number of unbranched alkanes of at least 4 members (excludes halogenated alkanes) is 42. The van der Waals surface area contributed by atoms with Gasteiger partial charge in [0.05, 0.1) is 25.4 Å². The topological polar surface area (TPSA) is 189 Å². The van der Waals surface area contributed by atoms with Gasteiger partial charge in [-0.05, 0) is 38.5 Å². The molecule has 0 spiro atoms. The van der Waals surface area contributed by atoms with Gasteiger partial charge in [0.25, 0.3) is 0 Å². The zero-order chi connectivity index (χ0) is 54.0. The van der Waals surface area contributed by atoms with Gasteiger partial charge in [0, 0.05) is 0 Å². The van der Waals surface area contributed by atoms with Crippen LogP contribution in [0.15, 0.2) is 12.2 Å². The number of carbonyl (C=O) groups excluding carboxylic acids is 1. The summed E-state index contributed by atoms with van der Waals surface area (Å²) < 4.78 is 11.1. The Balaban J connectivity index is 2.10. The van der Waals surface area contributed by atoms with E-state index in [1.165, 1.54) is 238 Å². The molecule has 0 aromatic heterocycles. The Labute approximate surface area is 455 Å². The summed E-state index contributed by atoms with van der Waals surface area (Å²) in [6.07, 6.45) is 51.7. The molecule has 440 valence electrons. The molecule has 1 fully saturated rings. The lowest BCUT2D eigenvalue weighted by atomic mass is 9.98. The minimum atomic E-state index is -1.66. The van der Waals surface area contributed by atoms with Gasteiger partial charge >= 0.3 is 0 Å². The van der Waals surface area contributed by atoms with E-state index in [-0.39, 0.29) is 6.42 Å². The van der Waals surface area contributed by atoms with Crippen molar-refractivity contribution < 1.29 is 50.0 Å². The van der Waals surface area contributed by atoms with E-state index in [4.69, 9.17) is 9.47 Å². The molecule has 74 heavy (non-hydrogen) atoms. The summed E-state index contributed by atoms with van der Waals surface area (Å²) in [5, 5.41) is 76.0. The maximum absolute atomic E-state index is 13.2. The summed E-state index contributed by atoms with van der Waals surface area (Å²) in [5.74, 6) is -0.692. The molecule has 1 amide bonds. The number of rotatable bonds is 56. The number of amides is 1. The molecule has 1 rings (SSSR count). The van der Waals surface area contributed by atoms with Gasteiger partial charge in [-0.1, -0.05) is 289 Å². The molecule has 1 aliphatic rings. The van der Waals surface area contributed by atoms with Gasteiger partial charge in [-0.15, -0.1) is 0 Å². The summed E-state index contributed by atoms with van der Waals surface area (Å²) in [5.41, 5.74) is 0. The molecule has 0 aromatic carbocycles. The first kappa shape index (κ1) is 70.9. The van der Waals surface area contributed by atoms with E-state index in [0.29, 0.717) is 19.3 Å². The van der Waals surface area contributed by atoms with Crippen molar-refractivity contribution in [2.45, 2.75) is 371 Å². The van der Waals surface area contributed by atoms with Gasteiger partial charge < -0.3 is 50.5 Å². The molecule has 1 aliphatic heterocycles. The fourth-order valence-corrected chi connectivity index (χ4v) is 10.6. The molecule has 11 nitrogen and oxygen atoms in total. The van der Waals surface area contributed by atoms with Crippen molar-refractivity contribution in [2.24, 2.45) is 0 Å². The van der Waals surface area contributed by atoms with E-state index >= 15 is 0 Å². The molecule has 1 saturated heterocycles. The Morgan fingerprint density at radius 2 is 0.784 bits per heavy atom. The van der Waals surface area contributed by atoms with Crippen LogP contribution in [0.25, 0.3) is 0 Å². The van der Waals surface area contributed by atoms with E-state index in [1.807, 2.05) is 0 Å². The minimum absolute atomic E-state index is 0.264. The van der Waals surface area contributed by atoms with Crippen molar-refractivity contribution in [3.05, 3.63) is 12.2 Å². The summed E-state index contributed by atoms with van der Waals surface area (Å²) in [6.45, 7) is 3.47. The van der Waals surface area contributed by atoms with E-state index in [2.05, 4.69) is 31.3 Å². The van der Waals surface area contributed by atoms with Crippen LogP contribution in [-0.4, -0.2) is 110 Å². The van der Waals surface area contributed by atoms with Gasteiger partial charge in [-0.2, -0.15) is 0 Å². The van der Waals surface area contributed by atoms with Gasteiger partial charge in [0.2, 0.25) is 5.91 Å². The van der Waals surface area contributed by atoms with Gasteiger partial charge in [-0.25, -0.2) is 0 Å². The number of ether oxygens (including phenoxy) is 2. The van der Waals surface area contributed by atoms with Crippen LogP contribution < -0.4 is 5.32 Å². The van der Waals surface area contributed by atoms with Crippen molar-refractivity contribution in [1.82, 2.24) is 5.32 Å². The van der Waals surface area contributed by atoms with E-state index in [9.17, 15) is 40.5 Å². The third kappa shape index (κ3) is 40.1. The SMILES string of the molecule is CCCCCCCCCCCCCCCCCC/C=C\CCCCCCCCCCCCCCCCCCC(O)C(=O)NC(COC1OC(CO)C(O)C(O)C1O)C(O)C(O)CCCCCCCCCCCCC. The quantitative estimate of drug-likeness (QED) is 0.0215. The van der Waals surface area contributed by atoms with Crippen LogP contribution in [0.3, 0.4) is 0 Å². The Morgan fingerprint density at radius 3 is 1.14 bits per heavy atom. The lowest BCUT2D eigenvalue weighted by Gasteiger charge is -2.40. The van der Waals surface area contributed by atoms with Crippen LogP contribution in [-0.2, 0) is 14.3 Å². The van der Waals surface area contributed by atoms with E-state index < -0.39 is 74.2 Å². The first-order valence-corrected chi connectivity index (χ1v) is 32.1. The lowest BCUT2D eigenvalue weighted by molar-refractivity contribution is -0.303. The van der Waals surface area contributed by atoms with E-state index in [1.54, 1.807) is 0 Å². The first-order valence-electron chi connectivity index (χ1n) is 32.1. The molecular formula is C63H123NO10. The summed E-state index contributed by atoms with van der Waals surface area (Å²) in [7, 11) is 0. The largest absolute Gasteiger partial charge is 0.394 e. The Morgan fingerprint density at radius 1 is 0.459 bits per heavy atom. The highest BCUT2D eigenvalue weighted by Crippen LogP contribution is 2.24. The number of allylic oxidation sites excluding steroid dienone is 2. The van der Waals surface area contributed by atoms with Gasteiger partial charge in [-0.3, -0.25) is 4.79 Å². The number of hydrogen-bond donors (Lipinski definition) is 8. The zero-order valence-corrected chi connectivity index (χ0v) is 48.4. The Hall–Kier alpha value is -1.15. The molecule has 0 bridgehead atoms. The predicted octanol–water partition coefficient (Wildman–Crippen LogP) is 14.3. The van der Waals surface area contributed by atoms with Crippen molar-refractivity contribution in [1.29, 1.82) is 0 Å². The molecule has 9 atom stereocenters. The molecule has 11 heteroatoms. The van der Waals surface area contributed by atoms with Gasteiger partial charge in [0.15, 0.2) is 6.29 Å². The fraction of sp³-hybridized carbons (Fsp3) is 0.952. The second-order valence-corrected chi connectivity index (χ2v) is 22.8. The van der Waals surface area contributed by atoms with Crippen LogP contribution in [0.2, 0.25) is 0 Å². The molecule has 8 N–H and O–H groups in total. The normalized spacial score (nSPS) is 19.8. The summed E-state index contributed by atoms with van der Waals surface area (Å²) in [6, 6.07) is -1.16. The maximum atomic E-state index is 13.2. The summed E-state index contributed by atoms with van der Waals surface area (Å²) in [4.78, 5) is 13.2. The molecule has 1 heterocycles. The summed E-state index contributed by atoms with van der Waals surface area (Å²) >= 11 is 0. The monoisotopic (exact) mass is 1050 g/mol. The third-order valence-electron chi connectivity index (χ3n) is 15.8. The first-order chi connectivity index (χ1) is 36.2. The molecule has 0 aliphatic carbocycles. The van der Waals surface area contributed by atoms with Crippen LogP contribution in [0.4, 0.5) is 0 Å². The van der Waals surface area contributed by atoms with Crippen LogP contribution in [0.1, 0.15) is 316 Å². The second-order valence-electron chi connectivity index (χ2n) is 22.8. The number of nitrogens with one attached hydrogen (secondary N) is 1. The molecule has 9 unspecified atom stereocenters. The van der Waals surface area contributed by atoms with Crippen molar-refractivity contribution in [2.75, 3.05) is 13.2 Å². The van der Waals surface area contributed by atoms with Crippen molar-refractivity contribution in [3.63, 3.8) is 0 Å². The highest BCUT2D eigenvalue weighted by molar-refractivity contribution is 5.80. The van der Waals surface area contributed by atoms with Gasteiger partial charge in [0.1, 0.15) is 36.6 Å². The average molecular weight is 1050 g/mol. The average Bonchev–Trinajstić information content (AvgIpc) is 3.40. The number of carbonyl (C=O) groups is 1. The zero-order valence-electron chi connectivity index (χ0n) is 48.4. The van der Waals surface area contributed by atoms with Crippen molar-refractivity contribution >= 4 is 5.91 Å². The van der Waals surface area contributed by atoms with E-state index in [0.717, 1.165) is 38.5 Å². The number of aliphatic hydroxyl groups is 7. The standard InChI is InChI=1S/C63H123NO10/c1-3-5-7-9-11-13-15-16-17-18-19-20-21-22-23-24-25-26-27-28-29-30-31-32-33-34-35-36-37-38-39-41-43-45-47-49-51-56(67)62(72)64-54(53-73-63-61(71)60(70)59(69)57(52-65)74-63)58(68)55(66)50-48-46-44-42-40-14-12-10-8-6-4-2/h26-27,54-61,63,65-71H,3-25,28-53H2,1-2H3,(H,64,72)/b27-26-. The molecule has 0 radical (unpaired) electrons. The highest BCUT2D eigenvalue weighted by Gasteiger charge is 2.44. The number of hydrogen-bond acceptors (Lipinski definition) is 10. The highest BCUT2D eigenvalue weighted by atomic mass is 16.7. The smallest absolute Gasteiger partial charge is 0.249 e. The molecular weight excluding hydrogens is 931 g/mol. The van der Waals surface area contributed by atoms with Crippen molar-refractivity contribution in [3.8, 4) is 0 Å². The second kappa shape index (κ2) is 52.5. The van der Waals surface area contributed by atoms with Crippen LogP contribution in [0, 0.1) is 0 Å². The number of aliphatic hydroxyl groups excluding tert-OH is 7. The molecule has 0 aromatic rings. The Bertz CT molecular complexity index is 1210. The third-order valence-corrected chi connectivity index (χ3v) is 15.8. The lowest BCUT2D eigenvalue weighted by Crippen LogP contribution is -2.60. The maximum Gasteiger partial charge on any atom is 0.249 e. The minimum Gasteiger partial charge on any atom is -0.394 e. The predicted molar refractivity (Wildman–Crippen MR) is 307 cm³/mol.